The van der Waals surface area contributed by atoms with Gasteiger partial charge in [0.2, 0.25) is 0 Å². The topological polar surface area (TPSA) is 86.6 Å². The Kier molecular flexibility index (Phi) is 4.28. The summed E-state index contributed by atoms with van der Waals surface area (Å²) in [6, 6.07) is 0. The Morgan fingerprint density at radius 2 is 1.89 bits per heavy atom. The first-order valence-electron chi connectivity index (χ1n) is 5.77. The number of piperazine rings is 1. The Bertz CT molecular complexity index is 471. The monoisotopic (exact) mass is 284 g/mol. The Labute approximate surface area is 114 Å². The van der Waals surface area contributed by atoms with Crippen LogP contribution >= 0.6 is 11.6 Å². The van der Waals surface area contributed by atoms with Crippen molar-refractivity contribution in [3.8, 4) is 0 Å². The summed E-state index contributed by atoms with van der Waals surface area (Å²) < 4.78 is 0. The number of rotatable bonds is 3. The third kappa shape index (κ3) is 3.62. The van der Waals surface area contributed by atoms with Gasteiger partial charge in [-0.1, -0.05) is 11.6 Å². The van der Waals surface area contributed by atoms with Crippen LogP contribution in [-0.4, -0.2) is 69.5 Å². The van der Waals surface area contributed by atoms with Crippen LogP contribution in [0.15, 0.2) is 12.4 Å². The first-order chi connectivity index (χ1) is 9.06. The number of halogens is 1. The molecule has 1 aromatic rings. The standard InChI is InChI=1S/C11H13ClN4O3/c12-9-6-13-8(5-14-9)11(19)16-3-1-15(2-4-16)7-10(17)18/h5-6H,1-4,7H2,(H,17,18). The molecule has 0 bridgehead atoms. The van der Waals surface area contributed by atoms with E-state index in [2.05, 4.69) is 9.97 Å². The summed E-state index contributed by atoms with van der Waals surface area (Å²) in [5.74, 6) is -1.07. The van der Waals surface area contributed by atoms with Gasteiger partial charge in [0.15, 0.2) is 0 Å². The van der Waals surface area contributed by atoms with Crippen LogP contribution in [0.4, 0.5) is 0 Å². The molecule has 7 nitrogen and oxygen atoms in total. The van der Waals surface area contributed by atoms with Crippen LogP contribution in [-0.2, 0) is 4.79 Å². The van der Waals surface area contributed by atoms with Gasteiger partial charge in [-0.25, -0.2) is 9.97 Å². The van der Waals surface area contributed by atoms with Gasteiger partial charge >= 0.3 is 5.97 Å². The van der Waals surface area contributed by atoms with Crippen LogP contribution < -0.4 is 0 Å². The molecule has 19 heavy (non-hydrogen) atoms. The van der Waals surface area contributed by atoms with Gasteiger partial charge in [0.05, 0.1) is 18.9 Å². The summed E-state index contributed by atoms with van der Waals surface area (Å²) >= 11 is 5.61. The number of amides is 1. The SMILES string of the molecule is O=C(O)CN1CCN(C(=O)c2cnc(Cl)cn2)CC1. The van der Waals surface area contributed by atoms with Crippen molar-refractivity contribution in [2.75, 3.05) is 32.7 Å². The fraction of sp³-hybridized carbons (Fsp3) is 0.455. The van der Waals surface area contributed by atoms with E-state index in [1.54, 1.807) is 9.80 Å². The maximum Gasteiger partial charge on any atom is 0.317 e. The summed E-state index contributed by atoms with van der Waals surface area (Å²) in [7, 11) is 0. The largest absolute Gasteiger partial charge is 0.480 e. The van der Waals surface area contributed by atoms with Gasteiger partial charge < -0.3 is 10.0 Å². The second-order valence-corrected chi connectivity index (χ2v) is 4.57. The fourth-order valence-electron chi connectivity index (χ4n) is 1.89. The average Bonchev–Trinajstić information content (AvgIpc) is 2.39. The first kappa shape index (κ1) is 13.7. The molecular weight excluding hydrogens is 272 g/mol. The van der Waals surface area contributed by atoms with E-state index < -0.39 is 5.97 Å². The van der Waals surface area contributed by atoms with Crippen LogP contribution in [0.25, 0.3) is 0 Å². The number of aromatic nitrogens is 2. The zero-order valence-electron chi connectivity index (χ0n) is 10.1. The molecule has 2 heterocycles. The van der Waals surface area contributed by atoms with E-state index in [1.165, 1.54) is 12.4 Å². The number of hydrogen-bond acceptors (Lipinski definition) is 5. The summed E-state index contributed by atoms with van der Waals surface area (Å²) in [5, 5.41) is 8.93. The molecule has 0 radical (unpaired) electrons. The van der Waals surface area contributed by atoms with E-state index in [9.17, 15) is 9.59 Å². The number of carbonyl (C=O) groups is 2. The second-order valence-electron chi connectivity index (χ2n) is 4.19. The van der Waals surface area contributed by atoms with Gasteiger partial charge in [-0.05, 0) is 0 Å². The molecule has 1 aliphatic rings. The van der Waals surface area contributed by atoms with Crippen molar-refractivity contribution in [3.05, 3.63) is 23.2 Å². The summed E-state index contributed by atoms with van der Waals surface area (Å²) in [6.07, 6.45) is 2.67. The minimum absolute atomic E-state index is 0.00276. The van der Waals surface area contributed by atoms with Crippen LogP contribution in [0.2, 0.25) is 5.15 Å². The van der Waals surface area contributed by atoms with E-state index in [-0.39, 0.29) is 23.3 Å². The van der Waals surface area contributed by atoms with Crippen LogP contribution in [0.5, 0.6) is 0 Å². The number of nitrogens with zero attached hydrogens (tertiary/aromatic N) is 4. The lowest BCUT2D eigenvalue weighted by Gasteiger charge is -2.33. The van der Waals surface area contributed by atoms with Crippen LogP contribution in [0, 0.1) is 0 Å². The molecule has 1 aliphatic heterocycles. The molecule has 0 unspecified atom stereocenters. The predicted octanol–water partition coefficient (Wildman–Crippen LogP) is -0.0276. The number of aliphatic carboxylic acids is 1. The molecule has 1 saturated heterocycles. The highest BCUT2D eigenvalue weighted by atomic mass is 35.5. The van der Waals surface area contributed by atoms with E-state index in [4.69, 9.17) is 16.7 Å². The van der Waals surface area contributed by atoms with Crippen molar-refractivity contribution >= 4 is 23.5 Å². The summed E-state index contributed by atoms with van der Waals surface area (Å²) in [4.78, 5) is 33.8. The van der Waals surface area contributed by atoms with Gasteiger partial charge in [0.25, 0.3) is 5.91 Å². The molecular formula is C11H13ClN4O3. The minimum Gasteiger partial charge on any atom is -0.480 e. The van der Waals surface area contributed by atoms with E-state index in [0.29, 0.717) is 26.2 Å². The van der Waals surface area contributed by atoms with Gasteiger partial charge in [-0.15, -0.1) is 0 Å². The molecule has 0 aliphatic carbocycles. The lowest BCUT2D eigenvalue weighted by molar-refractivity contribution is -0.138. The van der Waals surface area contributed by atoms with Crippen molar-refractivity contribution in [3.63, 3.8) is 0 Å². The second kappa shape index (κ2) is 5.94. The summed E-state index contributed by atoms with van der Waals surface area (Å²) in [6.45, 7) is 2.05. The third-order valence-electron chi connectivity index (χ3n) is 2.86. The maximum atomic E-state index is 12.1. The molecule has 0 aromatic carbocycles. The quantitative estimate of drug-likeness (QED) is 0.839. The molecule has 0 spiro atoms. The highest BCUT2D eigenvalue weighted by Gasteiger charge is 2.23. The van der Waals surface area contributed by atoms with Crippen molar-refractivity contribution < 1.29 is 14.7 Å². The number of carboxylic acid groups (broad SMARTS) is 1. The molecule has 0 atom stereocenters. The Hall–Kier alpha value is -1.73. The maximum absolute atomic E-state index is 12.1. The number of carbonyl (C=O) groups excluding carboxylic acids is 1. The van der Waals surface area contributed by atoms with Crippen LogP contribution in [0.1, 0.15) is 10.5 Å². The van der Waals surface area contributed by atoms with Crippen LogP contribution in [0.3, 0.4) is 0 Å². The summed E-state index contributed by atoms with van der Waals surface area (Å²) in [5.41, 5.74) is 0.246. The zero-order chi connectivity index (χ0) is 13.8. The number of carboxylic acids is 1. The Balaban J connectivity index is 1.92. The van der Waals surface area contributed by atoms with Crippen molar-refractivity contribution in [1.82, 2.24) is 19.8 Å². The third-order valence-corrected chi connectivity index (χ3v) is 3.05. The average molecular weight is 285 g/mol. The lowest BCUT2D eigenvalue weighted by atomic mass is 10.3. The molecule has 102 valence electrons. The molecule has 2 rings (SSSR count). The molecule has 0 saturated carbocycles. The highest BCUT2D eigenvalue weighted by Crippen LogP contribution is 2.08. The smallest absolute Gasteiger partial charge is 0.317 e. The Morgan fingerprint density at radius 1 is 1.21 bits per heavy atom. The Morgan fingerprint density at radius 3 is 2.42 bits per heavy atom. The lowest BCUT2D eigenvalue weighted by Crippen LogP contribution is -2.50. The van der Waals surface area contributed by atoms with Crippen molar-refractivity contribution in [1.29, 1.82) is 0 Å². The van der Waals surface area contributed by atoms with Crippen molar-refractivity contribution in [2.24, 2.45) is 0 Å². The molecule has 1 aromatic heterocycles. The van der Waals surface area contributed by atoms with E-state index >= 15 is 0 Å². The van der Waals surface area contributed by atoms with Crippen molar-refractivity contribution in [2.45, 2.75) is 0 Å². The van der Waals surface area contributed by atoms with Gasteiger partial charge in [-0.2, -0.15) is 0 Å². The molecule has 1 fully saturated rings. The van der Waals surface area contributed by atoms with E-state index in [1.807, 2.05) is 0 Å². The predicted molar refractivity (Wildman–Crippen MR) is 67.0 cm³/mol. The first-order valence-corrected chi connectivity index (χ1v) is 6.15. The molecule has 1 amide bonds. The normalized spacial score (nSPS) is 16.4. The van der Waals surface area contributed by atoms with Gasteiger partial charge in [0.1, 0.15) is 10.8 Å². The minimum atomic E-state index is -0.858. The zero-order valence-corrected chi connectivity index (χ0v) is 10.9. The van der Waals surface area contributed by atoms with Gasteiger partial charge in [0, 0.05) is 26.2 Å². The molecule has 1 N–H and O–H groups in total. The van der Waals surface area contributed by atoms with Gasteiger partial charge in [-0.3, -0.25) is 14.5 Å². The molecule has 8 heteroatoms. The fourth-order valence-corrected chi connectivity index (χ4v) is 1.98. The van der Waals surface area contributed by atoms with E-state index in [0.717, 1.165) is 0 Å². The number of hydrogen-bond donors (Lipinski definition) is 1. The highest BCUT2D eigenvalue weighted by molar-refractivity contribution is 6.29.